The highest BCUT2D eigenvalue weighted by atomic mass is 35.5. The van der Waals surface area contributed by atoms with E-state index < -0.39 is 17.3 Å². The zero-order valence-electron chi connectivity index (χ0n) is 10.4. The number of carbonyl (C=O) groups excluding carboxylic acids is 1. The van der Waals surface area contributed by atoms with Crippen LogP contribution < -0.4 is 5.32 Å². The van der Waals surface area contributed by atoms with E-state index in [1.165, 1.54) is 29.5 Å². The van der Waals surface area contributed by atoms with E-state index in [2.05, 4.69) is 10.3 Å². The van der Waals surface area contributed by atoms with E-state index in [0.29, 0.717) is 0 Å². The Hall–Kier alpha value is -1.46. The van der Waals surface area contributed by atoms with Crippen molar-refractivity contribution in [2.75, 3.05) is 0 Å². The van der Waals surface area contributed by atoms with Crippen molar-refractivity contribution in [1.29, 1.82) is 0 Å². The molecule has 1 heterocycles. The second-order valence-electron chi connectivity index (χ2n) is 4.51. The van der Waals surface area contributed by atoms with Crippen LogP contribution in [-0.4, -0.2) is 10.9 Å². The van der Waals surface area contributed by atoms with Gasteiger partial charge in [-0.25, -0.2) is 9.37 Å². The number of rotatable bonds is 3. The highest BCUT2D eigenvalue weighted by molar-refractivity contribution is 7.09. The molecular formula is C13H12ClFN2OS. The van der Waals surface area contributed by atoms with E-state index in [1.54, 1.807) is 20.0 Å². The normalized spacial score (nSPS) is 11.4. The van der Waals surface area contributed by atoms with Crippen LogP contribution >= 0.6 is 22.9 Å². The lowest BCUT2D eigenvalue weighted by atomic mass is 10.1. The van der Waals surface area contributed by atoms with Crippen molar-refractivity contribution >= 4 is 28.8 Å². The molecule has 0 aliphatic heterocycles. The van der Waals surface area contributed by atoms with Crippen molar-refractivity contribution < 1.29 is 9.18 Å². The number of thiazole rings is 1. The molecule has 0 radical (unpaired) electrons. The number of nitrogens with zero attached hydrogens (tertiary/aromatic N) is 1. The molecule has 2 rings (SSSR count). The van der Waals surface area contributed by atoms with E-state index in [9.17, 15) is 9.18 Å². The summed E-state index contributed by atoms with van der Waals surface area (Å²) in [4.78, 5) is 16.3. The molecule has 1 amide bonds. The Morgan fingerprint density at radius 1 is 1.47 bits per heavy atom. The number of amides is 1. The largest absolute Gasteiger partial charge is 0.341 e. The molecule has 2 aromatic rings. The van der Waals surface area contributed by atoms with Gasteiger partial charge in [0.15, 0.2) is 0 Å². The molecular weight excluding hydrogens is 287 g/mol. The second-order valence-corrected chi connectivity index (χ2v) is 5.81. The fourth-order valence-corrected chi connectivity index (χ4v) is 2.61. The molecule has 0 spiro atoms. The summed E-state index contributed by atoms with van der Waals surface area (Å²) >= 11 is 7.29. The summed E-state index contributed by atoms with van der Waals surface area (Å²) in [6.45, 7) is 3.61. The van der Waals surface area contributed by atoms with E-state index in [0.717, 1.165) is 5.01 Å². The summed E-state index contributed by atoms with van der Waals surface area (Å²) in [5.41, 5.74) is -0.828. The molecule has 0 aliphatic carbocycles. The molecule has 0 saturated carbocycles. The molecule has 0 atom stereocenters. The van der Waals surface area contributed by atoms with Crippen LogP contribution in [0.4, 0.5) is 4.39 Å². The highest BCUT2D eigenvalue weighted by Crippen LogP contribution is 2.24. The molecule has 0 fully saturated rings. The second kappa shape index (κ2) is 5.27. The van der Waals surface area contributed by atoms with Crippen molar-refractivity contribution in [1.82, 2.24) is 10.3 Å². The molecule has 1 N–H and O–H groups in total. The minimum Gasteiger partial charge on any atom is -0.341 e. The third-order valence-corrected chi connectivity index (χ3v) is 3.99. The average Bonchev–Trinajstić information content (AvgIpc) is 2.81. The average molecular weight is 299 g/mol. The molecule has 0 aliphatic rings. The van der Waals surface area contributed by atoms with Gasteiger partial charge in [-0.1, -0.05) is 17.7 Å². The maximum atomic E-state index is 13.7. The first kappa shape index (κ1) is 14.0. The number of hydrogen-bond acceptors (Lipinski definition) is 3. The van der Waals surface area contributed by atoms with Gasteiger partial charge in [0.1, 0.15) is 10.8 Å². The molecule has 3 nitrogen and oxygen atoms in total. The third kappa shape index (κ3) is 2.93. The van der Waals surface area contributed by atoms with Gasteiger partial charge in [-0.3, -0.25) is 4.79 Å². The molecule has 6 heteroatoms. The first-order valence-electron chi connectivity index (χ1n) is 5.58. The Labute approximate surface area is 119 Å². The SMILES string of the molecule is CC(C)(NC(=O)c1c(F)cccc1Cl)c1nccs1. The van der Waals surface area contributed by atoms with Crippen molar-refractivity contribution in [2.24, 2.45) is 0 Å². The van der Waals surface area contributed by atoms with Gasteiger partial charge in [0, 0.05) is 11.6 Å². The van der Waals surface area contributed by atoms with Crippen LogP contribution in [0.3, 0.4) is 0 Å². The van der Waals surface area contributed by atoms with Crippen LogP contribution in [0.1, 0.15) is 29.2 Å². The van der Waals surface area contributed by atoms with Crippen LogP contribution in [0.15, 0.2) is 29.8 Å². The Bertz CT molecular complexity index is 578. The first-order chi connectivity index (χ1) is 8.92. The minimum absolute atomic E-state index is 0.0902. The highest BCUT2D eigenvalue weighted by Gasteiger charge is 2.28. The van der Waals surface area contributed by atoms with Gasteiger partial charge < -0.3 is 5.32 Å². The molecule has 19 heavy (non-hydrogen) atoms. The smallest absolute Gasteiger partial charge is 0.256 e. The Morgan fingerprint density at radius 3 is 2.79 bits per heavy atom. The van der Waals surface area contributed by atoms with E-state index in [1.807, 2.05) is 5.38 Å². The Balaban J connectivity index is 2.27. The first-order valence-corrected chi connectivity index (χ1v) is 6.84. The number of hydrogen-bond donors (Lipinski definition) is 1. The number of nitrogens with one attached hydrogen (secondary N) is 1. The fraction of sp³-hybridized carbons (Fsp3) is 0.231. The van der Waals surface area contributed by atoms with Crippen LogP contribution in [0.25, 0.3) is 0 Å². The van der Waals surface area contributed by atoms with Crippen molar-refractivity contribution in [3.63, 3.8) is 0 Å². The standard InChI is InChI=1S/C13H12ClFN2OS/c1-13(2,12-16-6-7-19-12)17-11(18)10-8(14)4-3-5-9(10)15/h3-7H,1-2H3,(H,17,18). The van der Waals surface area contributed by atoms with E-state index in [-0.39, 0.29) is 10.6 Å². The zero-order chi connectivity index (χ0) is 14.0. The summed E-state index contributed by atoms with van der Waals surface area (Å²) in [6, 6.07) is 4.15. The number of aromatic nitrogens is 1. The molecule has 100 valence electrons. The quantitative estimate of drug-likeness (QED) is 0.940. The lowest BCUT2D eigenvalue weighted by Gasteiger charge is -2.24. The van der Waals surface area contributed by atoms with Gasteiger partial charge >= 0.3 is 0 Å². The molecule has 0 unspecified atom stereocenters. The summed E-state index contributed by atoms with van der Waals surface area (Å²) in [7, 11) is 0. The number of carbonyl (C=O) groups is 1. The third-order valence-electron chi connectivity index (χ3n) is 2.58. The van der Waals surface area contributed by atoms with Crippen molar-refractivity contribution in [2.45, 2.75) is 19.4 Å². The fourth-order valence-electron chi connectivity index (χ4n) is 1.65. The van der Waals surface area contributed by atoms with Gasteiger partial charge in [0.25, 0.3) is 5.91 Å². The van der Waals surface area contributed by atoms with Crippen LogP contribution in [-0.2, 0) is 5.54 Å². The predicted octanol–water partition coefficient (Wildman–Crippen LogP) is 3.60. The number of halogens is 2. The van der Waals surface area contributed by atoms with Gasteiger partial charge in [-0.05, 0) is 26.0 Å². The molecule has 1 aromatic carbocycles. The van der Waals surface area contributed by atoms with E-state index >= 15 is 0 Å². The van der Waals surface area contributed by atoms with E-state index in [4.69, 9.17) is 11.6 Å². The maximum Gasteiger partial charge on any atom is 0.256 e. The summed E-state index contributed by atoms with van der Waals surface area (Å²) in [6.07, 6.45) is 1.66. The van der Waals surface area contributed by atoms with Crippen molar-refractivity contribution in [3.05, 3.63) is 51.2 Å². The number of benzene rings is 1. The topological polar surface area (TPSA) is 42.0 Å². The predicted molar refractivity (Wildman–Crippen MR) is 74.0 cm³/mol. The maximum absolute atomic E-state index is 13.7. The lowest BCUT2D eigenvalue weighted by Crippen LogP contribution is -2.41. The molecule has 0 bridgehead atoms. The molecule has 1 aromatic heterocycles. The lowest BCUT2D eigenvalue weighted by molar-refractivity contribution is 0.0908. The minimum atomic E-state index is -0.684. The van der Waals surface area contributed by atoms with Gasteiger partial charge in [-0.15, -0.1) is 11.3 Å². The van der Waals surface area contributed by atoms with Crippen LogP contribution in [0.5, 0.6) is 0 Å². The molecule has 0 saturated heterocycles. The van der Waals surface area contributed by atoms with Gasteiger partial charge in [0.05, 0.1) is 16.1 Å². The monoisotopic (exact) mass is 298 g/mol. The summed E-state index contributed by atoms with van der Waals surface area (Å²) in [5, 5.41) is 5.39. The summed E-state index contributed by atoms with van der Waals surface area (Å²) < 4.78 is 13.7. The van der Waals surface area contributed by atoms with Crippen molar-refractivity contribution in [3.8, 4) is 0 Å². The van der Waals surface area contributed by atoms with Crippen LogP contribution in [0.2, 0.25) is 5.02 Å². The van der Waals surface area contributed by atoms with Crippen LogP contribution in [0, 0.1) is 5.82 Å². The Morgan fingerprint density at radius 2 is 2.21 bits per heavy atom. The zero-order valence-corrected chi connectivity index (χ0v) is 12.0. The Kier molecular flexibility index (Phi) is 3.87. The van der Waals surface area contributed by atoms with Gasteiger partial charge in [-0.2, -0.15) is 0 Å². The van der Waals surface area contributed by atoms with Gasteiger partial charge in [0.2, 0.25) is 0 Å². The summed E-state index contributed by atoms with van der Waals surface area (Å²) in [5.74, 6) is -1.19.